The smallest absolute Gasteiger partial charge is 0.244 e. The molecule has 1 heterocycles. The number of rotatable bonds is 4. The van der Waals surface area contributed by atoms with Crippen LogP contribution in [0.2, 0.25) is 0 Å². The van der Waals surface area contributed by atoms with E-state index in [1.807, 2.05) is 24.3 Å². The Morgan fingerprint density at radius 3 is 2.54 bits per heavy atom. The molecule has 2 aromatic carbocycles. The molecule has 0 atom stereocenters. The molecule has 0 bridgehead atoms. The Bertz CT molecular complexity index is 875. The quantitative estimate of drug-likeness (QED) is 0.800. The summed E-state index contributed by atoms with van der Waals surface area (Å²) in [7, 11) is 1.67. The second kappa shape index (κ2) is 6.57. The van der Waals surface area contributed by atoms with E-state index in [0.717, 1.165) is 23.0 Å². The van der Waals surface area contributed by atoms with Crippen molar-refractivity contribution in [3.8, 4) is 0 Å². The highest BCUT2D eigenvalue weighted by atomic mass is 19.1. The van der Waals surface area contributed by atoms with Crippen LogP contribution in [-0.4, -0.2) is 29.5 Å². The molecule has 0 unspecified atom stereocenters. The molecule has 0 spiro atoms. The van der Waals surface area contributed by atoms with Crippen LogP contribution < -0.4 is 10.2 Å². The Morgan fingerprint density at radius 1 is 1.08 bits per heavy atom. The third-order valence-corrected chi connectivity index (χ3v) is 3.49. The Labute approximate surface area is 137 Å². The molecule has 1 aromatic heterocycles. The number of nitrogens with one attached hydrogen (secondary N) is 1. The minimum atomic E-state index is -0.821. The summed E-state index contributed by atoms with van der Waals surface area (Å²) in [5, 5.41) is 3.04. The normalized spacial score (nSPS) is 10.6. The van der Waals surface area contributed by atoms with E-state index in [1.54, 1.807) is 11.9 Å². The Hall–Kier alpha value is -3.09. The average Bonchev–Trinajstić information content (AvgIpc) is 2.57. The molecule has 7 heteroatoms. The molecule has 5 nitrogen and oxygen atoms in total. The van der Waals surface area contributed by atoms with Gasteiger partial charge in [-0.25, -0.2) is 18.7 Å². The van der Waals surface area contributed by atoms with Gasteiger partial charge in [0.15, 0.2) is 0 Å². The molecule has 122 valence electrons. The van der Waals surface area contributed by atoms with Crippen LogP contribution in [0.4, 0.5) is 20.3 Å². The maximum Gasteiger partial charge on any atom is 0.244 e. The van der Waals surface area contributed by atoms with Crippen molar-refractivity contribution >= 4 is 28.3 Å². The first-order valence-electron chi connectivity index (χ1n) is 7.21. The fourth-order valence-electron chi connectivity index (χ4n) is 2.38. The maximum atomic E-state index is 13.6. The standard InChI is InChI=1S/C17H14F2N4O/c1-23(17-11-5-2-3-8-14(11)20-10-21-17)9-15(24)22-16-12(18)6-4-7-13(16)19/h2-8,10H,9H2,1H3,(H,22,24). The van der Waals surface area contributed by atoms with Crippen molar-refractivity contribution in [1.29, 1.82) is 0 Å². The van der Waals surface area contributed by atoms with Crippen LogP contribution in [-0.2, 0) is 4.79 Å². The minimum absolute atomic E-state index is 0.116. The number of hydrogen-bond acceptors (Lipinski definition) is 4. The molecular weight excluding hydrogens is 314 g/mol. The summed E-state index contributed by atoms with van der Waals surface area (Å²) in [6, 6.07) is 10.8. The summed E-state index contributed by atoms with van der Waals surface area (Å²) >= 11 is 0. The molecule has 0 aliphatic rings. The van der Waals surface area contributed by atoms with E-state index in [-0.39, 0.29) is 6.54 Å². The van der Waals surface area contributed by atoms with Crippen molar-refractivity contribution in [2.24, 2.45) is 0 Å². The van der Waals surface area contributed by atoms with E-state index in [9.17, 15) is 13.6 Å². The van der Waals surface area contributed by atoms with Crippen molar-refractivity contribution in [1.82, 2.24) is 9.97 Å². The van der Waals surface area contributed by atoms with Gasteiger partial charge in [0.2, 0.25) is 5.91 Å². The second-order valence-electron chi connectivity index (χ2n) is 5.22. The van der Waals surface area contributed by atoms with Crippen LogP contribution in [0.25, 0.3) is 10.9 Å². The molecule has 24 heavy (non-hydrogen) atoms. The summed E-state index contributed by atoms with van der Waals surface area (Å²) in [5.41, 5.74) is 0.290. The third-order valence-electron chi connectivity index (χ3n) is 3.49. The fraction of sp³-hybridized carbons (Fsp3) is 0.118. The van der Waals surface area contributed by atoms with E-state index in [4.69, 9.17) is 0 Å². The largest absolute Gasteiger partial charge is 0.350 e. The lowest BCUT2D eigenvalue weighted by Gasteiger charge is -2.19. The van der Waals surface area contributed by atoms with E-state index >= 15 is 0 Å². The number of fused-ring (bicyclic) bond motifs is 1. The van der Waals surface area contributed by atoms with Gasteiger partial charge in [0.25, 0.3) is 0 Å². The molecule has 0 saturated heterocycles. The minimum Gasteiger partial charge on any atom is -0.350 e. The molecule has 1 amide bonds. The number of aromatic nitrogens is 2. The van der Waals surface area contributed by atoms with Crippen LogP contribution in [0.5, 0.6) is 0 Å². The first kappa shape index (κ1) is 15.8. The molecule has 3 rings (SSSR count). The monoisotopic (exact) mass is 328 g/mol. The highest BCUT2D eigenvalue weighted by Crippen LogP contribution is 2.22. The molecule has 0 radical (unpaired) electrons. The number of amides is 1. The van der Waals surface area contributed by atoms with Crippen molar-refractivity contribution in [3.63, 3.8) is 0 Å². The third kappa shape index (κ3) is 3.15. The number of carbonyl (C=O) groups excluding carboxylic acids is 1. The van der Waals surface area contributed by atoms with E-state index in [2.05, 4.69) is 15.3 Å². The Balaban J connectivity index is 1.79. The molecule has 0 fully saturated rings. The molecule has 1 N–H and O–H groups in total. The van der Waals surface area contributed by atoms with Crippen molar-refractivity contribution in [2.75, 3.05) is 23.8 Å². The first-order valence-corrected chi connectivity index (χ1v) is 7.21. The Kier molecular flexibility index (Phi) is 4.33. The van der Waals surface area contributed by atoms with Gasteiger partial charge in [0, 0.05) is 12.4 Å². The highest BCUT2D eigenvalue weighted by Gasteiger charge is 2.15. The number of anilines is 2. The summed E-state index contributed by atoms with van der Waals surface area (Å²) in [4.78, 5) is 22.0. The lowest BCUT2D eigenvalue weighted by molar-refractivity contribution is -0.115. The number of halogens is 2. The number of likely N-dealkylation sites (N-methyl/N-ethyl adjacent to an activating group) is 1. The predicted molar refractivity (Wildman–Crippen MR) is 87.8 cm³/mol. The van der Waals surface area contributed by atoms with E-state index < -0.39 is 23.2 Å². The number of hydrogen-bond donors (Lipinski definition) is 1. The van der Waals surface area contributed by atoms with Crippen LogP contribution in [0.15, 0.2) is 48.8 Å². The molecule has 0 aliphatic heterocycles. The topological polar surface area (TPSA) is 58.1 Å². The van der Waals surface area contributed by atoms with Crippen LogP contribution >= 0.6 is 0 Å². The van der Waals surface area contributed by atoms with Crippen molar-refractivity contribution in [3.05, 3.63) is 60.4 Å². The van der Waals surface area contributed by atoms with E-state index in [1.165, 1.54) is 12.4 Å². The van der Waals surface area contributed by atoms with Gasteiger partial charge in [0.1, 0.15) is 29.5 Å². The SMILES string of the molecule is CN(CC(=O)Nc1c(F)cccc1F)c1ncnc2ccccc12. The van der Waals surface area contributed by atoms with Crippen molar-refractivity contribution in [2.45, 2.75) is 0 Å². The van der Waals surface area contributed by atoms with Gasteiger partial charge in [-0.15, -0.1) is 0 Å². The average molecular weight is 328 g/mol. The Morgan fingerprint density at radius 2 is 1.79 bits per heavy atom. The van der Waals surface area contributed by atoms with Crippen LogP contribution in [0, 0.1) is 11.6 Å². The zero-order chi connectivity index (χ0) is 17.1. The number of nitrogens with zero attached hydrogens (tertiary/aromatic N) is 3. The maximum absolute atomic E-state index is 13.6. The summed E-state index contributed by atoms with van der Waals surface area (Å²) < 4.78 is 27.2. The van der Waals surface area contributed by atoms with E-state index in [0.29, 0.717) is 5.82 Å². The van der Waals surface area contributed by atoms with Gasteiger partial charge in [0.05, 0.1) is 12.1 Å². The van der Waals surface area contributed by atoms with Crippen LogP contribution in [0.1, 0.15) is 0 Å². The zero-order valence-corrected chi connectivity index (χ0v) is 12.8. The summed E-state index contributed by atoms with van der Waals surface area (Å²) in [6.45, 7) is -0.116. The molecule has 3 aromatic rings. The summed E-state index contributed by atoms with van der Waals surface area (Å²) in [5.74, 6) is -1.63. The number of carbonyl (C=O) groups is 1. The summed E-state index contributed by atoms with van der Waals surface area (Å²) in [6.07, 6.45) is 1.41. The lowest BCUT2D eigenvalue weighted by Crippen LogP contribution is -2.31. The number of benzene rings is 2. The molecular formula is C17H14F2N4O. The second-order valence-corrected chi connectivity index (χ2v) is 5.22. The number of para-hydroxylation sites is 2. The van der Waals surface area contributed by atoms with Gasteiger partial charge >= 0.3 is 0 Å². The lowest BCUT2D eigenvalue weighted by atomic mass is 10.2. The predicted octanol–water partition coefficient (Wildman–Crippen LogP) is 2.98. The zero-order valence-electron chi connectivity index (χ0n) is 12.8. The van der Waals surface area contributed by atoms with Gasteiger partial charge in [-0.05, 0) is 24.3 Å². The fourth-order valence-corrected chi connectivity index (χ4v) is 2.38. The van der Waals surface area contributed by atoms with Gasteiger partial charge in [-0.3, -0.25) is 4.79 Å². The highest BCUT2D eigenvalue weighted by molar-refractivity contribution is 5.96. The molecule has 0 aliphatic carbocycles. The van der Waals surface area contributed by atoms with Gasteiger partial charge in [-0.2, -0.15) is 0 Å². The first-order chi connectivity index (χ1) is 11.6. The van der Waals surface area contributed by atoms with Gasteiger partial charge < -0.3 is 10.2 Å². The van der Waals surface area contributed by atoms with Crippen LogP contribution in [0.3, 0.4) is 0 Å². The molecule has 0 saturated carbocycles. The van der Waals surface area contributed by atoms with Gasteiger partial charge in [-0.1, -0.05) is 18.2 Å². The van der Waals surface area contributed by atoms with Crippen molar-refractivity contribution < 1.29 is 13.6 Å².